The minimum atomic E-state index is -0.773. The third-order valence-electron chi connectivity index (χ3n) is 5.65. The second-order valence-corrected chi connectivity index (χ2v) is 10.6. The molecule has 1 aromatic heterocycles. The number of carbonyl (C=O) groups excluding carboxylic acids is 1. The van der Waals surface area contributed by atoms with Crippen LogP contribution in [0.25, 0.3) is 17.0 Å². The predicted molar refractivity (Wildman–Crippen MR) is 137 cm³/mol. The average Bonchev–Trinajstić information content (AvgIpc) is 2.86. The summed E-state index contributed by atoms with van der Waals surface area (Å²) < 4.78 is 47.3. The average molecular weight is 540 g/mol. The number of carbonyl (C=O) groups is 1. The standard InChI is InChI=1S/C28H20F3NO3S2/c29-17-2-7-21(8-3-17)36-26-14-25-23(13-24(26)31)28(37-22-9-4-18(30)5-10-22)16(15-32-25)1-6-20-11-19(33)12-27(34)35-20/h1-10,13-15,19-20,33H,11-12H2/b6-1+/t19-,20-/m1/s1. The largest absolute Gasteiger partial charge is 0.458 e. The molecule has 1 fully saturated rings. The Hall–Kier alpha value is -3.27. The Bertz CT molecular complexity index is 1480. The van der Waals surface area contributed by atoms with E-state index in [0.29, 0.717) is 31.2 Å². The number of halogens is 3. The van der Waals surface area contributed by atoms with Crippen LogP contribution in [-0.2, 0) is 9.53 Å². The highest BCUT2D eigenvalue weighted by Gasteiger charge is 2.25. The van der Waals surface area contributed by atoms with Gasteiger partial charge in [-0.1, -0.05) is 29.6 Å². The quantitative estimate of drug-likeness (QED) is 0.266. The van der Waals surface area contributed by atoms with Crippen LogP contribution in [0.5, 0.6) is 0 Å². The Kier molecular flexibility index (Phi) is 7.55. The molecule has 0 unspecified atom stereocenters. The molecule has 37 heavy (non-hydrogen) atoms. The number of pyridine rings is 1. The normalized spacial score (nSPS) is 17.9. The fraction of sp³-hybridized carbons (Fsp3) is 0.143. The molecule has 1 N–H and O–H groups in total. The van der Waals surface area contributed by atoms with Crippen molar-refractivity contribution in [1.82, 2.24) is 4.98 Å². The zero-order chi connectivity index (χ0) is 25.9. The summed E-state index contributed by atoms with van der Waals surface area (Å²) >= 11 is 2.50. The lowest BCUT2D eigenvalue weighted by molar-refractivity contribution is -0.156. The van der Waals surface area contributed by atoms with Gasteiger partial charge in [-0.2, -0.15) is 0 Å². The molecule has 4 nitrogen and oxygen atoms in total. The zero-order valence-corrected chi connectivity index (χ0v) is 20.9. The van der Waals surface area contributed by atoms with Gasteiger partial charge in [0.15, 0.2) is 0 Å². The van der Waals surface area contributed by atoms with Crippen LogP contribution in [0.1, 0.15) is 18.4 Å². The lowest BCUT2D eigenvalue weighted by Gasteiger charge is -2.23. The van der Waals surface area contributed by atoms with Crippen LogP contribution in [0.15, 0.2) is 92.5 Å². The van der Waals surface area contributed by atoms with E-state index in [4.69, 9.17) is 4.74 Å². The summed E-state index contributed by atoms with van der Waals surface area (Å²) in [5.74, 6) is -1.67. The fourth-order valence-corrected chi connectivity index (χ4v) is 5.76. The second-order valence-electron chi connectivity index (χ2n) is 8.44. The number of aliphatic hydroxyl groups is 1. The molecule has 3 aromatic carbocycles. The summed E-state index contributed by atoms with van der Waals surface area (Å²) in [6, 6.07) is 14.8. The molecule has 9 heteroatoms. The van der Waals surface area contributed by atoms with Crippen molar-refractivity contribution < 1.29 is 27.8 Å². The van der Waals surface area contributed by atoms with Gasteiger partial charge in [0, 0.05) is 38.3 Å². The molecule has 4 aromatic rings. The summed E-state index contributed by atoms with van der Waals surface area (Å²) in [6.07, 6.45) is 3.91. The predicted octanol–water partition coefficient (Wildman–Crippen LogP) is 7.03. The molecule has 188 valence electrons. The van der Waals surface area contributed by atoms with Crippen molar-refractivity contribution in [2.75, 3.05) is 0 Å². The van der Waals surface area contributed by atoms with E-state index in [-0.39, 0.29) is 24.5 Å². The van der Waals surface area contributed by atoms with Crippen molar-refractivity contribution in [2.24, 2.45) is 0 Å². The molecule has 2 atom stereocenters. The van der Waals surface area contributed by atoms with Crippen LogP contribution in [0.2, 0.25) is 0 Å². The number of cyclic esters (lactones) is 1. The third kappa shape index (κ3) is 6.18. The van der Waals surface area contributed by atoms with Gasteiger partial charge in [-0.3, -0.25) is 9.78 Å². The van der Waals surface area contributed by atoms with Gasteiger partial charge >= 0.3 is 5.97 Å². The zero-order valence-electron chi connectivity index (χ0n) is 19.2. The molecule has 1 aliphatic heterocycles. The Morgan fingerprint density at radius 1 is 0.946 bits per heavy atom. The Morgan fingerprint density at radius 2 is 1.59 bits per heavy atom. The Balaban J connectivity index is 1.54. The first-order chi connectivity index (χ1) is 17.8. The molecule has 5 rings (SSSR count). The van der Waals surface area contributed by atoms with Crippen molar-refractivity contribution >= 4 is 46.5 Å². The van der Waals surface area contributed by atoms with E-state index in [1.165, 1.54) is 53.9 Å². The highest BCUT2D eigenvalue weighted by Crippen LogP contribution is 2.39. The van der Waals surface area contributed by atoms with Crippen LogP contribution < -0.4 is 0 Å². The minimum absolute atomic E-state index is 0.0366. The molecule has 0 aliphatic carbocycles. The van der Waals surface area contributed by atoms with E-state index in [0.717, 1.165) is 4.90 Å². The third-order valence-corrected chi connectivity index (χ3v) is 7.86. The van der Waals surface area contributed by atoms with E-state index in [9.17, 15) is 18.7 Å². The summed E-state index contributed by atoms with van der Waals surface area (Å²) in [5.41, 5.74) is 1.20. The van der Waals surface area contributed by atoms with Crippen molar-refractivity contribution in [3.63, 3.8) is 0 Å². The first-order valence-corrected chi connectivity index (χ1v) is 13.0. The monoisotopic (exact) mass is 539 g/mol. The summed E-state index contributed by atoms with van der Waals surface area (Å²) in [4.78, 5) is 18.7. The molecule has 1 saturated heterocycles. The van der Waals surface area contributed by atoms with Crippen LogP contribution >= 0.6 is 23.5 Å². The lowest BCUT2D eigenvalue weighted by atomic mass is 10.0. The number of fused-ring (bicyclic) bond motifs is 1. The number of hydrogen-bond donors (Lipinski definition) is 1. The maximum Gasteiger partial charge on any atom is 0.309 e. The molecule has 0 saturated carbocycles. The number of hydrogen-bond acceptors (Lipinski definition) is 6. The molecule has 0 amide bonds. The van der Waals surface area contributed by atoms with Crippen LogP contribution in [0.3, 0.4) is 0 Å². The lowest BCUT2D eigenvalue weighted by Crippen LogP contribution is -2.31. The molecule has 0 spiro atoms. The number of ether oxygens (including phenoxy) is 1. The summed E-state index contributed by atoms with van der Waals surface area (Å²) in [5, 5.41) is 10.4. The number of nitrogens with zero attached hydrogens (tertiary/aromatic N) is 1. The van der Waals surface area contributed by atoms with Crippen LogP contribution in [0, 0.1) is 17.5 Å². The Labute approximate surface area is 219 Å². The smallest absolute Gasteiger partial charge is 0.309 e. The molecule has 1 aliphatic rings. The second kappa shape index (κ2) is 11.0. The van der Waals surface area contributed by atoms with Gasteiger partial charge in [0.1, 0.15) is 23.6 Å². The van der Waals surface area contributed by atoms with Gasteiger partial charge < -0.3 is 9.84 Å². The topological polar surface area (TPSA) is 59.4 Å². The van der Waals surface area contributed by atoms with Crippen molar-refractivity contribution in [1.29, 1.82) is 0 Å². The molecular formula is C28H20F3NO3S2. The SMILES string of the molecule is O=C1C[C@H](O)C[C@@H](/C=C/c2cnc3cc(Sc4ccc(F)cc4)c(F)cc3c2Sc2ccc(F)cc2)O1. The number of benzene rings is 3. The van der Waals surface area contributed by atoms with Crippen molar-refractivity contribution in [3.05, 3.63) is 96.0 Å². The van der Waals surface area contributed by atoms with Crippen LogP contribution in [0.4, 0.5) is 13.2 Å². The van der Waals surface area contributed by atoms with Crippen LogP contribution in [-0.4, -0.2) is 28.3 Å². The van der Waals surface area contributed by atoms with E-state index in [1.54, 1.807) is 48.7 Å². The first kappa shape index (κ1) is 25.4. The van der Waals surface area contributed by atoms with Crippen molar-refractivity contribution in [2.45, 2.75) is 44.6 Å². The van der Waals surface area contributed by atoms with Gasteiger partial charge in [-0.25, -0.2) is 13.2 Å². The van der Waals surface area contributed by atoms with E-state index >= 15 is 4.39 Å². The fourth-order valence-electron chi connectivity index (χ4n) is 3.88. The maximum atomic E-state index is 15.3. The van der Waals surface area contributed by atoms with Gasteiger partial charge in [0.25, 0.3) is 0 Å². The molecule has 0 radical (unpaired) electrons. The van der Waals surface area contributed by atoms with Gasteiger partial charge in [0.2, 0.25) is 0 Å². The molecular weight excluding hydrogens is 519 g/mol. The van der Waals surface area contributed by atoms with Crippen molar-refractivity contribution in [3.8, 4) is 0 Å². The summed E-state index contributed by atoms with van der Waals surface area (Å²) in [7, 11) is 0. The number of aliphatic hydroxyl groups excluding tert-OH is 1. The maximum absolute atomic E-state index is 15.3. The number of esters is 1. The molecule has 2 heterocycles. The summed E-state index contributed by atoms with van der Waals surface area (Å²) in [6.45, 7) is 0. The number of rotatable bonds is 6. The Morgan fingerprint density at radius 3 is 2.24 bits per heavy atom. The number of aromatic nitrogens is 1. The van der Waals surface area contributed by atoms with E-state index < -0.39 is 24.0 Å². The van der Waals surface area contributed by atoms with E-state index in [1.807, 2.05) is 0 Å². The van der Waals surface area contributed by atoms with E-state index in [2.05, 4.69) is 4.98 Å². The van der Waals surface area contributed by atoms with Gasteiger partial charge in [-0.05, 0) is 66.7 Å². The minimum Gasteiger partial charge on any atom is -0.458 e. The first-order valence-electron chi connectivity index (χ1n) is 11.4. The van der Waals surface area contributed by atoms with Gasteiger partial charge in [0.05, 0.1) is 22.9 Å². The highest BCUT2D eigenvalue weighted by molar-refractivity contribution is 7.99. The molecule has 0 bridgehead atoms. The highest BCUT2D eigenvalue weighted by atomic mass is 32.2. The van der Waals surface area contributed by atoms with Gasteiger partial charge in [-0.15, -0.1) is 0 Å².